The van der Waals surface area contributed by atoms with Gasteiger partial charge in [-0.05, 0) is 64.2 Å². The molecule has 1 unspecified atom stereocenters. The van der Waals surface area contributed by atoms with E-state index >= 15 is 0 Å². The van der Waals surface area contributed by atoms with Crippen molar-refractivity contribution in [3.63, 3.8) is 0 Å². The summed E-state index contributed by atoms with van der Waals surface area (Å²) in [5.74, 6) is -0.846. The summed E-state index contributed by atoms with van der Waals surface area (Å²) in [5.41, 5.74) is 0.0583. The van der Waals surface area contributed by atoms with Gasteiger partial charge in [-0.2, -0.15) is 0 Å². The summed E-state index contributed by atoms with van der Waals surface area (Å²) < 4.78 is 5.28. The molecule has 152 valence electrons. The van der Waals surface area contributed by atoms with E-state index in [0.29, 0.717) is 16.5 Å². The number of nitrogens with zero attached hydrogens (tertiary/aromatic N) is 1. The first kappa shape index (κ1) is 20.9. The molecule has 1 aliphatic heterocycles. The summed E-state index contributed by atoms with van der Waals surface area (Å²) in [4.78, 5) is 30.0. The number of nitrogens with one attached hydrogen (secondary N) is 1. The average molecular weight is 427 g/mol. The van der Waals surface area contributed by atoms with Gasteiger partial charge in [0, 0.05) is 22.0 Å². The number of halogens is 2. The standard InChI is InChI=1S/C20H24Cl2N2O4/c1-19(2,3)27-18(26)15-10-16(28-24-15)17(25)23-20(7-4-8-20)11-12-5-6-13(21)9-14(12)22/h5-6,9,16H,4,7-8,10-11H2,1-3H3,(H,23,25). The molecule has 1 N–H and O–H groups in total. The van der Waals surface area contributed by atoms with E-state index < -0.39 is 17.7 Å². The van der Waals surface area contributed by atoms with Gasteiger partial charge in [0.15, 0.2) is 5.71 Å². The van der Waals surface area contributed by atoms with E-state index in [9.17, 15) is 9.59 Å². The molecule has 0 aromatic heterocycles. The van der Waals surface area contributed by atoms with Crippen molar-refractivity contribution in [2.24, 2.45) is 5.16 Å². The zero-order valence-electron chi connectivity index (χ0n) is 16.2. The summed E-state index contributed by atoms with van der Waals surface area (Å²) in [6, 6.07) is 5.37. The highest BCUT2D eigenvalue weighted by atomic mass is 35.5. The van der Waals surface area contributed by atoms with Gasteiger partial charge in [0.25, 0.3) is 5.91 Å². The number of hydrogen-bond acceptors (Lipinski definition) is 5. The molecule has 0 radical (unpaired) electrons. The number of carbonyl (C=O) groups is 2. The minimum atomic E-state index is -0.833. The van der Waals surface area contributed by atoms with Crippen LogP contribution in [0.3, 0.4) is 0 Å². The summed E-state index contributed by atoms with van der Waals surface area (Å²) in [7, 11) is 0. The molecule has 1 saturated carbocycles. The maximum Gasteiger partial charge on any atom is 0.356 e. The fourth-order valence-corrected chi connectivity index (χ4v) is 3.77. The lowest BCUT2D eigenvalue weighted by molar-refractivity contribution is -0.146. The van der Waals surface area contributed by atoms with Crippen LogP contribution in [0.2, 0.25) is 10.0 Å². The Morgan fingerprint density at radius 2 is 2.04 bits per heavy atom. The van der Waals surface area contributed by atoms with E-state index in [0.717, 1.165) is 24.8 Å². The smallest absolute Gasteiger partial charge is 0.356 e. The van der Waals surface area contributed by atoms with Crippen molar-refractivity contribution in [3.05, 3.63) is 33.8 Å². The number of esters is 1. The molecule has 1 aromatic carbocycles. The Labute approximate surface area is 174 Å². The third-order valence-corrected chi connectivity index (χ3v) is 5.43. The average Bonchev–Trinajstić information content (AvgIpc) is 3.03. The van der Waals surface area contributed by atoms with Crippen LogP contribution in [0.25, 0.3) is 0 Å². The lowest BCUT2D eigenvalue weighted by Gasteiger charge is -2.43. The van der Waals surface area contributed by atoms with Crippen molar-refractivity contribution in [2.45, 2.75) is 70.1 Å². The van der Waals surface area contributed by atoms with Gasteiger partial charge in [-0.3, -0.25) is 4.79 Å². The van der Waals surface area contributed by atoms with Crippen molar-refractivity contribution in [2.75, 3.05) is 0 Å². The van der Waals surface area contributed by atoms with E-state index in [1.807, 2.05) is 6.07 Å². The minimum Gasteiger partial charge on any atom is -0.455 e. The van der Waals surface area contributed by atoms with Crippen molar-refractivity contribution in [1.29, 1.82) is 0 Å². The number of carbonyl (C=O) groups excluding carboxylic acids is 2. The van der Waals surface area contributed by atoms with Gasteiger partial charge in [0.05, 0.1) is 0 Å². The van der Waals surface area contributed by atoms with Crippen LogP contribution in [-0.2, 0) is 25.6 Å². The zero-order valence-corrected chi connectivity index (χ0v) is 17.7. The van der Waals surface area contributed by atoms with Gasteiger partial charge in [0.1, 0.15) is 5.60 Å². The molecule has 8 heteroatoms. The van der Waals surface area contributed by atoms with Crippen molar-refractivity contribution < 1.29 is 19.2 Å². The molecule has 1 amide bonds. The molecule has 28 heavy (non-hydrogen) atoms. The molecule has 3 rings (SSSR count). The highest BCUT2D eigenvalue weighted by Gasteiger charge is 2.42. The number of oxime groups is 1. The van der Waals surface area contributed by atoms with Gasteiger partial charge < -0.3 is 14.9 Å². The van der Waals surface area contributed by atoms with Crippen LogP contribution in [0.15, 0.2) is 23.4 Å². The Balaban J connectivity index is 1.60. The largest absolute Gasteiger partial charge is 0.455 e. The van der Waals surface area contributed by atoms with Gasteiger partial charge in [-0.1, -0.05) is 34.4 Å². The first-order valence-corrected chi connectivity index (χ1v) is 10.0. The minimum absolute atomic E-state index is 0.0958. The van der Waals surface area contributed by atoms with E-state index in [1.54, 1.807) is 32.9 Å². The van der Waals surface area contributed by atoms with Crippen LogP contribution < -0.4 is 5.32 Å². The SMILES string of the molecule is CC(C)(C)OC(=O)C1=NOC(C(=O)NC2(Cc3ccc(Cl)cc3Cl)CCC2)C1. The Morgan fingerprint density at radius 1 is 1.32 bits per heavy atom. The van der Waals surface area contributed by atoms with Crippen LogP contribution in [0.5, 0.6) is 0 Å². The quantitative estimate of drug-likeness (QED) is 0.719. The normalized spacial score (nSPS) is 20.6. The van der Waals surface area contributed by atoms with E-state index in [1.165, 1.54) is 0 Å². The second kappa shape index (κ2) is 7.91. The molecule has 0 spiro atoms. The van der Waals surface area contributed by atoms with Gasteiger partial charge in [-0.15, -0.1) is 0 Å². The number of hydrogen-bond donors (Lipinski definition) is 1. The molecule has 1 fully saturated rings. The molecule has 1 atom stereocenters. The van der Waals surface area contributed by atoms with Crippen LogP contribution in [0.4, 0.5) is 0 Å². The van der Waals surface area contributed by atoms with Crippen LogP contribution >= 0.6 is 23.2 Å². The first-order valence-electron chi connectivity index (χ1n) is 9.29. The summed E-state index contributed by atoms with van der Waals surface area (Å²) in [5, 5.41) is 8.00. The highest BCUT2D eigenvalue weighted by molar-refractivity contribution is 6.37. The molecule has 1 heterocycles. The van der Waals surface area contributed by atoms with Gasteiger partial charge >= 0.3 is 5.97 Å². The predicted molar refractivity (Wildman–Crippen MR) is 108 cm³/mol. The fraction of sp³-hybridized carbons (Fsp3) is 0.550. The summed E-state index contributed by atoms with van der Waals surface area (Å²) in [6.45, 7) is 5.31. The topological polar surface area (TPSA) is 77.0 Å². The Morgan fingerprint density at radius 3 is 2.61 bits per heavy atom. The molecular formula is C20H24Cl2N2O4. The zero-order chi connectivity index (χ0) is 20.5. The molecule has 1 aromatic rings. The Bertz CT molecular complexity index is 813. The number of ether oxygens (including phenoxy) is 1. The fourth-order valence-electron chi connectivity index (χ4n) is 3.30. The number of benzene rings is 1. The van der Waals surface area contributed by atoms with E-state index in [-0.39, 0.29) is 23.6 Å². The van der Waals surface area contributed by atoms with Gasteiger partial charge in [-0.25, -0.2) is 4.79 Å². The molecule has 0 bridgehead atoms. The summed E-state index contributed by atoms with van der Waals surface area (Å²) in [6.07, 6.45) is 2.60. The lowest BCUT2D eigenvalue weighted by Crippen LogP contribution is -2.57. The number of amides is 1. The third kappa shape index (κ3) is 4.97. The highest BCUT2D eigenvalue weighted by Crippen LogP contribution is 2.37. The lowest BCUT2D eigenvalue weighted by atomic mass is 9.72. The first-order chi connectivity index (χ1) is 13.1. The molecule has 6 nitrogen and oxygen atoms in total. The maximum absolute atomic E-state index is 12.7. The van der Waals surface area contributed by atoms with Crippen LogP contribution in [0, 0.1) is 0 Å². The summed E-state index contributed by atoms with van der Waals surface area (Å²) >= 11 is 12.3. The van der Waals surface area contributed by atoms with Crippen LogP contribution in [-0.4, -0.2) is 34.8 Å². The maximum atomic E-state index is 12.7. The van der Waals surface area contributed by atoms with Crippen molar-refractivity contribution in [1.82, 2.24) is 5.32 Å². The second-order valence-corrected chi connectivity index (χ2v) is 9.22. The Kier molecular flexibility index (Phi) is 5.92. The number of rotatable bonds is 5. The molecular weight excluding hydrogens is 403 g/mol. The van der Waals surface area contributed by atoms with Crippen molar-refractivity contribution in [3.8, 4) is 0 Å². The van der Waals surface area contributed by atoms with E-state index in [2.05, 4.69) is 10.5 Å². The molecule has 2 aliphatic rings. The second-order valence-electron chi connectivity index (χ2n) is 8.37. The molecule has 0 saturated heterocycles. The van der Waals surface area contributed by atoms with Crippen molar-refractivity contribution >= 4 is 40.8 Å². The monoisotopic (exact) mass is 426 g/mol. The predicted octanol–water partition coefficient (Wildman–Crippen LogP) is 4.06. The Hall–Kier alpha value is -1.79. The van der Waals surface area contributed by atoms with E-state index in [4.69, 9.17) is 32.8 Å². The van der Waals surface area contributed by atoms with Gasteiger partial charge in [0.2, 0.25) is 6.10 Å². The molecule has 1 aliphatic carbocycles. The van der Waals surface area contributed by atoms with Crippen LogP contribution in [0.1, 0.15) is 52.0 Å². The third-order valence-electron chi connectivity index (χ3n) is 4.84.